The van der Waals surface area contributed by atoms with E-state index in [0.717, 1.165) is 84.7 Å². The van der Waals surface area contributed by atoms with Gasteiger partial charge in [0.2, 0.25) is 0 Å². The summed E-state index contributed by atoms with van der Waals surface area (Å²) in [6, 6.07) is 9.02. The van der Waals surface area contributed by atoms with Gasteiger partial charge in [-0.1, -0.05) is 6.07 Å². The normalized spacial score (nSPS) is 18.2. The number of fused-ring (bicyclic) bond motifs is 2. The average Bonchev–Trinajstić information content (AvgIpc) is 3.55. The van der Waals surface area contributed by atoms with Crippen LogP contribution in [0.3, 0.4) is 0 Å². The van der Waals surface area contributed by atoms with Crippen LogP contribution in [-0.2, 0) is 13.0 Å². The third kappa shape index (κ3) is 4.10. The fraction of sp³-hybridized carbons (Fsp3) is 0.444. The van der Waals surface area contributed by atoms with Crippen LogP contribution in [0.5, 0.6) is 0 Å². The highest BCUT2D eigenvalue weighted by Gasteiger charge is 2.29. The zero-order valence-corrected chi connectivity index (χ0v) is 19.9. The van der Waals surface area contributed by atoms with Gasteiger partial charge >= 0.3 is 5.69 Å². The van der Waals surface area contributed by atoms with Crippen LogP contribution in [0.15, 0.2) is 47.7 Å². The number of aliphatic hydroxyl groups is 1. The Kier molecular flexibility index (Phi) is 5.78. The first-order valence-corrected chi connectivity index (χ1v) is 12.7. The van der Waals surface area contributed by atoms with Crippen molar-refractivity contribution < 1.29 is 5.11 Å². The van der Waals surface area contributed by atoms with Crippen LogP contribution in [0.2, 0.25) is 0 Å². The monoisotopic (exact) mass is 472 g/mol. The van der Waals surface area contributed by atoms with Gasteiger partial charge in [0.1, 0.15) is 0 Å². The van der Waals surface area contributed by atoms with E-state index in [1.807, 2.05) is 21.4 Å². The van der Waals surface area contributed by atoms with Crippen molar-refractivity contribution in [3.05, 3.63) is 64.6 Å². The van der Waals surface area contributed by atoms with Crippen molar-refractivity contribution in [2.75, 3.05) is 24.6 Å². The Morgan fingerprint density at radius 1 is 1.09 bits per heavy atom. The van der Waals surface area contributed by atoms with Crippen molar-refractivity contribution in [1.82, 2.24) is 19.1 Å². The summed E-state index contributed by atoms with van der Waals surface area (Å²) in [6.07, 6.45) is 11.0. The molecule has 2 fully saturated rings. The highest BCUT2D eigenvalue weighted by molar-refractivity contribution is 5.89. The molecule has 3 aromatic heterocycles. The number of benzene rings is 1. The lowest BCUT2D eigenvalue weighted by Crippen LogP contribution is -2.26. The summed E-state index contributed by atoms with van der Waals surface area (Å²) in [5.41, 5.74) is 11.2. The molecule has 1 atom stereocenters. The van der Waals surface area contributed by atoms with Gasteiger partial charge in [-0.3, -0.25) is 19.1 Å². The lowest BCUT2D eigenvalue weighted by Gasteiger charge is -2.20. The summed E-state index contributed by atoms with van der Waals surface area (Å²) in [7, 11) is 0. The first-order valence-electron chi connectivity index (χ1n) is 12.7. The molecule has 35 heavy (non-hydrogen) atoms. The first-order chi connectivity index (χ1) is 17.1. The molecule has 4 heterocycles. The molecule has 2 aliphatic rings. The van der Waals surface area contributed by atoms with Crippen LogP contribution in [0.4, 0.5) is 5.69 Å². The van der Waals surface area contributed by atoms with E-state index in [1.54, 1.807) is 12.4 Å². The molecule has 0 amide bonds. The fourth-order valence-electron chi connectivity index (χ4n) is 5.47. The first kappa shape index (κ1) is 22.2. The molecule has 8 nitrogen and oxygen atoms in total. The lowest BCUT2D eigenvalue weighted by molar-refractivity contribution is 0.284. The Labute approximate surface area is 204 Å². The molecule has 4 aromatic rings. The van der Waals surface area contributed by atoms with Gasteiger partial charge < -0.3 is 15.7 Å². The molecule has 1 unspecified atom stereocenters. The number of aromatic nitrogens is 4. The van der Waals surface area contributed by atoms with Gasteiger partial charge in [0, 0.05) is 55.2 Å². The summed E-state index contributed by atoms with van der Waals surface area (Å²) in [6.45, 7) is 2.44. The van der Waals surface area contributed by atoms with Gasteiger partial charge in [-0.05, 0) is 67.7 Å². The minimum atomic E-state index is 0.0134. The van der Waals surface area contributed by atoms with Gasteiger partial charge in [0.05, 0.1) is 29.5 Å². The minimum Gasteiger partial charge on any atom is -0.396 e. The molecule has 1 aliphatic heterocycles. The Morgan fingerprint density at radius 2 is 1.97 bits per heavy atom. The number of aliphatic hydroxyl groups excluding tert-OH is 1. The zero-order valence-electron chi connectivity index (χ0n) is 19.9. The van der Waals surface area contributed by atoms with Crippen LogP contribution < -0.4 is 16.3 Å². The van der Waals surface area contributed by atoms with E-state index < -0.39 is 0 Å². The Balaban J connectivity index is 1.42. The number of nitrogens with zero attached hydrogens (tertiary/aromatic N) is 5. The van der Waals surface area contributed by atoms with Gasteiger partial charge in [0.25, 0.3) is 0 Å². The van der Waals surface area contributed by atoms with E-state index in [0.29, 0.717) is 12.6 Å². The number of nitrogens with two attached hydrogens (primary N) is 1. The largest absolute Gasteiger partial charge is 0.396 e. The second kappa shape index (κ2) is 9.09. The molecule has 3 N–H and O–H groups in total. The minimum absolute atomic E-state index is 0.0134. The number of imidazole rings is 1. The second-order valence-corrected chi connectivity index (χ2v) is 9.96. The highest BCUT2D eigenvalue weighted by Crippen LogP contribution is 2.36. The van der Waals surface area contributed by atoms with Crippen molar-refractivity contribution in [2.24, 2.45) is 5.73 Å². The molecule has 1 saturated heterocycles. The zero-order chi connectivity index (χ0) is 23.9. The van der Waals surface area contributed by atoms with E-state index in [1.165, 1.54) is 5.69 Å². The number of unbranched alkanes of at least 4 members (excludes halogenated alkanes) is 1. The van der Waals surface area contributed by atoms with E-state index in [9.17, 15) is 9.90 Å². The molecule has 182 valence electrons. The summed E-state index contributed by atoms with van der Waals surface area (Å²) in [5.74, 6) is 0. The van der Waals surface area contributed by atoms with E-state index >= 15 is 0 Å². The Bertz CT molecular complexity index is 1440. The van der Waals surface area contributed by atoms with Crippen molar-refractivity contribution >= 4 is 27.5 Å². The maximum atomic E-state index is 13.4. The predicted molar refractivity (Wildman–Crippen MR) is 138 cm³/mol. The van der Waals surface area contributed by atoms with Crippen LogP contribution in [-0.4, -0.2) is 49.9 Å². The maximum absolute atomic E-state index is 13.4. The third-order valence-corrected chi connectivity index (χ3v) is 7.48. The predicted octanol–water partition coefficient (Wildman–Crippen LogP) is 2.98. The molecule has 1 aliphatic carbocycles. The molecule has 1 aromatic carbocycles. The summed E-state index contributed by atoms with van der Waals surface area (Å²) in [4.78, 5) is 25.0. The fourth-order valence-corrected chi connectivity index (χ4v) is 5.47. The number of pyridine rings is 2. The second-order valence-electron chi connectivity index (χ2n) is 9.96. The highest BCUT2D eigenvalue weighted by atomic mass is 16.2. The van der Waals surface area contributed by atoms with Gasteiger partial charge in [0.15, 0.2) is 0 Å². The number of anilines is 1. The van der Waals surface area contributed by atoms with Crippen molar-refractivity contribution in [2.45, 2.75) is 57.2 Å². The third-order valence-electron chi connectivity index (χ3n) is 7.48. The molecule has 1 saturated carbocycles. The number of rotatable bonds is 8. The molecule has 6 rings (SSSR count). The van der Waals surface area contributed by atoms with Crippen molar-refractivity contribution in [1.29, 1.82) is 0 Å². The quantitative estimate of drug-likeness (QED) is 0.382. The van der Waals surface area contributed by atoms with Gasteiger partial charge in [-0.25, -0.2) is 4.79 Å². The topological polar surface area (TPSA) is 102 Å². The van der Waals surface area contributed by atoms with Crippen LogP contribution in [0.25, 0.3) is 21.8 Å². The summed E-state index contributed by atoms with van der Waals surface area (Å²) in [5, 5.41) is 11.6. The molecule has 0 bridgehead atoms. The van der Waals surface area contributed by atoms with Crippen molar-refractivity contribution in [3.63, 3.8) is 0 Å². The van der Waals surface area contributed by atoms with E-state index in [4.69, 9.17) is 10.7 Å². The Hall–Kier alpha value is -3.23. The number of hydrogen-bond donors (Lipinski definition) is 2. The average molecular weight is 473 g/mol. The van der Waals surface area contributed by atoms with Crippen LogP contribution in [0.1, 0.15) is 49.4 Å². The van der Waals surface area contributed by atoms with Crippen LogP contribution >= 0.6 is 0 Å². The standard InChI is InChI=1S/C27H32N6O2/c28-19-9-11-31(16-19)21-6-7-22-18(13-21)14-30-24(23(22)3-1-2-12-34)17-32-26-15-29-10-8-25(26)33(27(32)35)20-4-5-20/h6-8,10,13-15,19-20,34H,1-5,9,11-12,16-17,28H2. The van der Waals surface area contributed by atoms with E-state index in [-0.39, 0.29) is 18.3 Å². The van der Waals surface area contributed by atoms with Gasteiger partial charge in [-0.15, -0.1) is 0 Å². The van der Waals surface area contributed by atoms with Crippen LogP contribution in [0, 0.1) is 0 Å². The molecular weight excluding hydrogens is 440 g/mol. The molecule has 0 radical (unpaired) electrons. The summed E-state index contributed by atoms with van der Waals surface area (Å²) < 4.78 is 3.75. The Morgan fingerprint density at radius 3 is 2.74 bits per heavy atom. The summed E-state index contributed by atoms with van der Waals surface area (Å²) >= 11 is 0. The number of aryl methyl sites for hydroxylation is 1. The lowest BCUT2D eigenvalue weighted by atomic mass is 9.98. The molecular formula is C27H32N6O2. The molecule has 8 heteroatoms. The molecule has 0 spiro atoms. The van der Waals surface area contributed by atoms with Crippen molar-refractivity contribution in [3.8, 4) is 0 Å². The maximum Gasteiger partial charge on any atom is 0.329 e. The van der Waals surface area contributed by atoms with Gasteiger partial charge in [-0.2, -0.15) is 0 Å². The number of hydrogen-bond acceptors (Lipinski definition) is 6. The smallest absolute Gasteiger partial charge is 0.329 e. The van der Waals surface area contributed by atoms with E-state index in [2.05, 4.69) is 28.1 Å². The SMILES string of the molecule is NC1CCN(c2ccc3c(CCCCO)c(Cn4c(=O)n(C5CC5)c5ccncc54)ncc3c2)C1.